The van der Waals surface area contributed by atoms with Crippen molar-refractivity contribution in [3.63, 3.8) is 0 Å². The number of hydrogen-bond donors (Lipinski definition) is 2. The summed E-state index contributed by atoms with van der Waals surface area (Å²) in [4.78, 5) is 31.7. The van der Waals surface area contributed by atoms with E-state index in [2.05, 4.69) is 55.8 Å². The summed E-state index contributed by atoms with van der Waals surface area (Å²) in [6.07, 6.45) is 6.51. The molecule has 0 unspecified atom stereocenters. The fourth-order valence-electron chi connectivity index (χ4n) is 5.79. The second kappa shape index (κ2) is 11.3. The van der Waals surface area contributed by atoms with Crippen molar-refractivity contribution in [1.82, 2.24) is 29.3 Å². The molecule has 1 saturated heterocycles. The molecule has 0 bridgehead atoms. The summed E-state index contributed by atoms with van der Waals surface area (Å²) in [5.41, 5.74) is 11.1. The first-order valence-corrected chi connectivity index (χ1v) is 14.3. The first-order valence-electron chi connectivity index (χ1n) is 14.3. The molecular formula is C31H38N8O. The number of rotatable bonds is 6. The van der Waals surface area contributed by atoms with E-state index in [0.717, 1.165) is 68.4 Å². The molecule has 0 atom stereocenters. The van der Waals surface area contributed by atoms with Crippen LogP contribution in [0, 0.1) is 5.92 Å². The zero-order valence-corrected chi connectivity index (χ0v) is 23.4. The maximum atomic E-state index is 12.9. The van der Waals surface area contributed by atoms with Gasteiger partial charge < -0.3 is 20.5 Å². The van der Waals surface area contributed by atoms with Crippen molar-refractivity contribution in [2.24, 2.45) is 5.92 Å². The molecule has 2 aromatic heterocycles. The number of amides is 1. The van der Waals surface area contributed by atoms with Gasteiger partial charge in [-0.1, -0.05) is 31.2 Å². The van der Waals surface area contributed by atoms with E-state index in [1.165, 1.54) is 18.4 Å². The number of imidazole rings is 1. The second-order valence-electron chi connectivity index (χ2n) is 11.5. The van der Waals surface area contributed by atoms with Gasteiger partial charge in [-0.25, -0.2) is 15.0 Å². The molecule has 2 fully saturated rings. The molecule has 1 amide bonds. The highest BCUT2D eigenvalue weighted by atomic mass is 16.1. The lowest BCUT2D eigenvalue weighted by Crippen LogP contribution is -2.43. The van der Waals surface area contributed by atoms with Gasteiger partial charge in [-0.2, -0.15) is 0 Å². The molecular weight excluding hydrogens is 500 g/mol. The summed E-state index contributed by atoms with van der Waals surface area (Å²) in [6.45, 7) is 7.62. The third-order valence-corrected chi connectivity index (χ3v) is 8.45. The van der Waals surface area contributed by atoms with Crippen LogP contribution in [0.1, 0.15) is 54.6 Å². The van der Waals surface area contributed by atoms with Crippen molar-refractivity contribution in [3.05, 3.63) is 66.0 Å². The number of hydrogen-bond acceptors (Lipinski definition) is 7. The highest BCUT2D eigenvalue weighted by molar-refractivity contribution is 6.04. The van der Waals surface area contributed by atoms with Gasteiger partial charge in [0.1, 0.15) is 5.52 Å². The van der Waals surface area contributed by atoms with Crippen LogP contribution in [0.2, 0.25) is 0 Å². The molecule has 0 spiro atoms. The summed E-state index contributed by atoms with van der Waals surface area (Å²) in [5.74, 6) is 1.53. The monoisotopic (exact) mass is 538 g/mol. The van der Waals surface area contributed by atoms with E-state index in [9.17, 15) is 4.79 Å². The fourth-order valence-corrected chi connectivity index (χ4v) is 5.79. The third kappa shape index (κ3) is 5.71. The third-order valence-electron chi connectivity index (χ3n) is 8.45. The summed E-state index contributed by atoms with van der Waals surface area (Å²) in [6, 6.07) is 15.9. The van der Waals surface area contributed by atoms with E-state index in [1.54, 1.807) is 12.1 Å². The lowest BCUT2D eigenvalue weighted by Gasteiger charge is -2.32. The predicted molar refractivity (Wildman–Crippen MR) is 159 cm³/mol. The molecule has 9 heteroatoms. The average molecular weight is 539 g/mol. The smallest absolute Gasteiger partial charge is 0.255 e. The van der Waals surface area contributed by atoms with Gasteiger partial charge in [-0.15, -0.1) is 0 Å². The number of nitrogens with zero attached hydrogens (tertiary/aromatic N) is 6. The molecule has 1 aliphatic heterocycles. The predicted octanol–water partition coefficient (Wildman–Crippen LogP) is 4.83. The minimum absolute atomic E-state index is 0.154. The van der Waals surface area contributed by atoms with Crippen LogP contribution in [0.4, 0.5) is 11.5 Å². The highest BCUT2D eigenvalue weighted by Gasteiger charge is 2.23. The first kappa shape index (κ1) is 26.4. The van der Waals surface area contributed by atoms with E-state index in [1.807, 2.05) is 30.6 Å². The molecule has 9 nitrogen and oxygen atoms in total. The Morgan fingerprint density at radius 2 is 1.65 bits per heavy atom. The molecule has 1 aliphatic carbocycles. The van der Waals surface area contributed by atoms with Gasteiger partial charge in [0.2, 0.25) is 0 Å². The van der Waals surface area contributed by atoms with Crippen molar-refractivity contribution in [1.29, 1.82) is 0 Å². The van der Waals surface area contributed by atoms with Crippen LogP contribution in [-0.2, 0) is 6.54 Å². The van der Waals surface area contributed by atoms with Crippen LogP contribution >= 0.6 is 0 Å². The minimum Gasteiger partial charge on any atom is -0.382 e. The summed E-state index contributed by atoms with van der Waals surface area (Å²) in [7, 11) is 2.17. The van der Waals surface area contributed by atoms with E-state index >= 15 is 0 Å². The lowest BCUT2D eigenvalue weighted by molar-refractivity contribution is 0.102. The van der Waals surface area contributed by atoms with Crippen LogP contribution in [-0.4, -0.2) is 68.5 Å². The van der Waals surface area contributed by atoms with Crippen molar-refractivity contribution >= 4 is 28.6 Å². The standard InChI is InChI=1S/C31H38N8O/c1-21-3-13-26(14-4-21)39-20-33-27-28(32)35-29(36-30(27)39)23-7-9-24(10-8-23)31(40)34-25-11-5-22(6-12-25)19-38-17-15-37(2)16-18-38/h5-12,20-21,26H,3-4,13-19H2,1-2H3,(H,34,40)(H2,32,35,36). The maximum Gasteiger partial charge on any atom is 0.255 e. The fraction of sp³-hybridized carbons (Fsp3) is 0.419. The molecule has 4 aromatic rings. The second-order valence-corrected chi connectivity index (χ2v) is 11.5. The van der Waals surface area contributed by atoms with E-state index in [4.69, 9.17) is 10.7 Å². The molecule has 1 saturated carbocycles. The SMILES string of the molecule is CC1CCC(n2cnc3c(N)nc(-c4ccc(C(=O)Nc5ccc(CN6CCN(C)CC6)cc5)cc4)nc32)CC1. The Bertz CT molecular complexity index is 1460. The minimum atomic E-state index is -0.154. The summed E-state index contributed by atoms with van der Waals surface area (Å²) in [5, 5.41) is 3.01. The number of nitrogens with one attached hydrogen (secondary N) is 1. The van der Waals surface area contributed by atoms with Crippen LogP contribution in [0.3, 0.4) is 0 Å². The molecule has 2 aliphatic rings. The topological polar surface area (TPSA) is 105 Å². The first-order chi connectivity index (χ1) is 19.4. The molecule has 208 valence electrons. The zero-order valence-electron chi connectivity index (χ0n) is 23.4. The number of fused-ring (bicyclic) bond motifs is 1. The number of nitrogens with two attached hydrogens (primary N) is 1. The number of carbonyl (C=O) groups excluding carboxylic acids is 1. The number of benzene rings is 2. The van der Waals surface area contributed by atoms with Crippen LogP contribution in [0.5, 0.6) is 0 Å². The van der Waals surface area contributed by atoms with E-state index < -0.39 is 0 Å². The Hall–Kier alpha value is -3.82. The summed E-state index contributed by atoms with van der Waals surface area (Å²) >= 11 is 0. The normalized spacial score (nSPS) is 20.6. The number of aromatic nitrogens is 4. The van der Waals surface area contributed by atoms with E-state index in [-0.39, 0.29) is 5.91 Å². The maximum absolute atomic E-state index is 12.9. The van der Waals surface area contributed by atoms with Gasteiger partial charge in [-0.3, -0.25) is 9.69 Å². The largest absolute Gasteiger partial charge is 0.382 e. The van der Waals surface area contributed by atoms with Crippen molar-refractivity contribution in [2.75, 3.05) is 44.3 Å². The summed E-state index contributed by atoms with van der Waals surface area (Å²) < 4.78 is 2.17. The van der Waals surface area contributed by atoms with Gasteiger partial charge in [0.25, 0.3) is 5.91 Å². The van der Waals surface area contributed by atoms with Crippen LogP contribution in [0.25, 0.3) is 22.6 Å². The van der Waals surface area contributed by atoms with Gasteiger partial charge in [0, 0.05) is 55.6 Å². The highest BCUT2D eigenvalue weighted by Crippen LogP contribution is 2.34. The number of piperazine rings is 1. The van der Waals surface area contributed by atoms with Gasteiger partial charge >= 0.3 is 0 Å². The Balaban J connectivity index is 1.12. The molecule has 3 N–H and O–H groups in total. The quantitative estimate of drug-likeness (QED) is 0.362. The Morgan fingerprint density at radius 1 is 0.950 bits per heavy atom. The Labute approximate surface area is 235 Å². The van der Waals surface area contributed by atoms with E-state index in [0.29, 0.717) is 28.8 Å². The Morgan fingerprint density at radius 3 is 2.35 bits per heavy atom. The molecule has 0 radical (unpaired) electrons. The lowest BCUT2D eigenvalue weighted by atomic mass is 9.87. The average Bonchev–Trinajstić information content (AvgIpc) is 3.40. The van der Waals surface area contributed by atoms with Crippen molar-refractivity contribution in [3.8, 4) is 11.4 Å². The van der Waals surface area contributed by atoms with Gasteiger partial charge in [-0.05, 0) is 68.5 Å². The number of carbonyl (C=O) groups is 1. The number of nitrogen functional groups attached to an aromatic ring is 1. The van der Waals surface area contributed by atoms with Crippen molar-refractivity contribution < 1.29 is 4.79 Å². The molecule has 3 heterocycles. The number of anilines is 2. The van der Waals surface area contributed by atoms with Crippen LogP contribution in [0.15, 0.2) is 54.9 Å². The molecule has 6 rings (SSSR count). The Kier molecular flexibility index (Phi) is 7.49. The molecule has 40 heavy (non-hydrogen) atoms. The number of likely N-dealkylation sites (N-methyl/N-ethyl adjacent to an activating group) is 1. The van der Waals surface area contributed by atoms with Gasteiger partial charge in [0.05, 0.1) is 6.33 Å². The van der Waals surface area contributed by atoms with Crippen molar-refractivity contribution in [2.45, 2.75) is 45.2 Å². The zero-order chi connectivity index (χ0) is 27.6. The van der Waals surface area contributed by atoms with Crippen LogP contribution < -0.4 is 11.1 Å². The molecule has 2 aromatic carbocycles. The van der Waals surface area contributed by atoms with Gasteiger partial charge in [0.15, 0.2) is 17.3 Å².